The summed E-state index contributed by atoms with van der Waals surface area (Å²) in [4.78, 5) is 21.0. The van der Waals surface area contributed by atoms with Gasteiger partial charge in [-0.25, -0.2) is 4.39 Å². The lowest BCUT2D eigenvalue weighted by atomic mass is 9.94. The lowest BCUT2D eigenvalue weighted by Crippen LogP contribution is -2.31. The van der Waals surface area contributed by atoms with Crippen molar-refractivity contribution in [1.82, 2.24) is 10.6 Å². The number of carbonyl (C=O) groups excluding carboxylic acids is 2. The molecule has 0 radical (unpaired) electrons. The Labute approximate surface area is 221 Å². The Balaban J connectivity index is 0.000000327. The first-order valence-electron chi connectivity index (χ1n) is 13.1. The van der Waals surface area contributed by atoms with Crippen LogP contribution in [0.3, 0.4) is 0 Å². The monoisotopic (exact) mass is 511 g/mol. The van der Waals surface area contributed by atoms with Gasteiger partial charge in [0.1, 0.15) is 12.4 Å². The molecule has 202 valence electrons. The Kier molecular flexibility index (Phi) is 15.5. The molecule has 2 N–H and O–H groups in total. The summed E-state index contributed by atoms with van der Waals surface area (Å²) in [7, 11) is 0. The Morgan fingerprint density at radius 2 is 1.86 bits per heavy atom. The fourth-order valence-corrected chi connectivity index (χ4v) is 3.51. The second-order valence-electron chi connectivity index (χ2n) is 9.24. The molecule has 2 aromatic carbocycles. The van der Waals surface area contributed by atoms with Crippen molar-refractivity contribution in [3.63, 3.8) is 0 Å². The number of nitrogens with one attached hydrogen (secondary N) is 2. The van der Waals surface area contributed by atoms with E-state index in [0.717, 1.165) is 47.6 Å². The number of hydrogen-bond donors (Lipinski definition) is 2. The quantitative estimate of drug-likeness (QED) is 0.234. The lowest BCUT2D eigenvalue weighted by molar-refractivity contribution is -0.109. The molecular formula is C30H42FN3O3. The van der Waals surface area contributed by atoms with Crippen LogP contribution in [0.25, 0.3) is 11.1 Å². The first-order chi connectivity index (χ1) is 17.8. The van der Waals surface area contributed by atoms with Gasteiger partial charge in [-0.2, -0.15) is 5.26 Å². The Bertz CT molecular complexity index is 1010. The molecular weight excluding hydrogens is 469 g/mol. The Morgan fingerprint density at radius 3 is 2.46 bits per heavy atom. The van der Waals surface area contributed by atoms with E-state index in [4.69, 9.17) is 10.00 Å². The first-order valence-corrected chi connectivity index (χ1v) is 13.1. The van der Waals surface area contributed by atoms with Crippen molar-refractivity contribution in [1.29, 1.82) is 5.26 Å². The number of carbonyl (C=O) groups is 2. The second kappa shape index (κ2) is 18.1. The van der Waals surface area contributed by atoms with Gasteiger partial charge in [0.15, 0.2) is 0 Å². The molecule has 6 nitrogen and oxygen atoms in total. The number of fused-ring (bicyclic) bond motifs is 1. The van der Waals surface area contributed by atoms with Crippen molar-refractivity contribution >= 4 is 12.3 Å². The molecule has 7 heteroatoms. The highest BCUT2D eigenvalue weighted by Crippen LogP contribution is 2.25. The first kappa shape index (κ1) is 31.8. The fraction of sp³-hybridized carbons (Fsp3) is 0.500. The highest BCUT2D eigenvalue weighted by atomic mass is 19.1. The summed E-state index contributed by atoms with van der Waals surface area (Å²) >= 11 is 0. The molecule has 1 unspecified atom stereocenters. The Morgan fingerprint density at radius 1 is 1.16 bits per heavy atom. The molecule has 0 bridgehead atoms. The number of benzene rings is 2. The van der Waals surface area contributed by atoms with Crippen molar-refractivity contribution in [2.24, 2.45) is 5.92 Å². The van der Waals surface area contributed by atoms with Crippen LogP contribution < -0.4 is 10.6 Å². The van der Waals surface area contributed by atoms with Gasteiger partial charge < -0.3 is 15.4 Å². The van der Waals surface area contributed by atoms with Gasteiger partial charge in [-0.3, -0.25) is 9.59 Å². The van der Waals surface area contributed by atoms with Crippen molar-refractivity contribution in [2.75, 3.05) is 19.7 Å². The van der Waals surface area contributed by atoms with Crippen molar-refractivity contribution < 1.29 is 18.7 Å². The zero-order chi connectivity index (χ0) is 27.6. The van der Waals surface area contributed by atoms with Crippen LogP contribution in [0.4, 0.5) is 4.39 Å². The molecule has 0 aliphatic carbocycles. The molecule has 2 amide bonds. The van der Waals surface area contributed by atoms with Gasteiger partial charge in [0.2, 0.25) is 6.41 Å². The average molecular weight is 512 g/mol. The fourth-order valence-electron chi connectivity index (χ4n) is 3.51. The summed E-state index contributed by atoms with van der Waals surface area (Å²) in [6, 6.07) is 12.6. The van der Waals surface area contributed by atoms with Crippen LogP contribution in [-0.2, 0) is 16.0 Å². The minimum atomic E-state index is -0.201. The largest absolute Gasteiger partial charge is 0.379 e. The predicted octanol–water partition coefficient (Wildman–Crippen LogP) is 5.97. The van der Waals surface area contributed by atoms with Gasteiger partial charge >= 0.3 is 0 Å². The van der Waals surface area contributed by atoms with E-state index in [2.05, 4.69) is 38.3 Å². The number of hydrogen-bond acceptors (Lipinski definition) is 4. The molecule has 1 aliphatic rings. The maximum Gasteiger partial charge on any atom is 0.251 e. The normalized spacial score (nSPS) is 13.3. The number of ether oxygens (including phenoxy) is 1. The maximum absolute atomic E-state index is 13.6. The average Bonchev–Trinajstić information content (AvgIpc) is 2.91. The standard InChI is InChI=1S/C16H14FNO.C11H24O.C3H4N2O/c1-10-2-3-12(9-15(10)17)11-4-5-14-13(8-11)6-7-18-16(14)19;1-5-10(3)8-7-9-12-11(4)6-2;4-1-2-5-3-6/h2-5,8-9H,6-7H2,1H3,(H,18,19);10-11H,5-9H2,1-4H3;3H,2H2,(H,5,6)/t;10?,11-;/m.1./s1. The van der Waals surface area contributed by atoms with Gasteiger partial charge in [0.05, 0.1) is 12.2 Å². The van der Waals surface area contributed by atoms with Crippen LogP contribution in [0.1, 0.15) is 74.9 Å². The van der Waals surface area contributed by atoms with Crippen LogP contribution in [-0.4, -0.2) is 38.1 Å². The number of nitriles is 1. The number of halogens is 1. The highest BCUT2D eigenvalue weighted by molar-refractivity contribution is 5.97. The van der Waals surface area contributed by atoms with E-state index in [0.29, 0.717) is 24.6 Å². The highest BCUT2D eigenvalue weighted by Gasteiger charge is 2.16. The summed E-state index contributed by atoms with van der Waals surface area (Å²) < 4.78 is 19.2. The van der Waals surface area contributed by atoms with Crippen LogP contribution in [0.5, 0.6) is 0 Å². The second-order valence-corrected chi connectivity index (χ2v) is 9.24. The summed E-state index contributed by atoms with van der Waals surface area (Å²) in [6.45, 7) is 12.3. The number of rotatable bonds is 10. The third kappa shape index (κ3) is 12.0. The third-order valence-electron chi connectivity index (χ3n) is 6.31. The molecule has 1 aliphatic heterocycles. The predicted molar refractivity (Wildman–Crippen MR) is 147 cm³/mol. The van der Waals surface area contributed by atoms with Crippen molar-refractivity contribution in [3.05, 3.63) is 58.9 Å². The van der Waals surface area contributed by atoms with Crippen LogP contribution in [0.15, 0.2) is 36.4 Å². The van der Waals surface area contributed by atoms with E-state index >= 15 is 0 Å². The summed E-state index contributed by atoms with van der Waals surface area (Å²) in [5, 5.41) is 12.7. The molecule has 0 saturated heterocycles. The van der Waals surface area contributed by atoms with Gasteiger partial charge in [0, 0.05) is 18.7 Å². The molecule has 0 fully saturated rings. The Hall–Kier alpha value is -3.24. The van der Waals surface area contributed by atoms with E-state index in [9.17, 15) is 14.0 Å². The molecule has 2 atom stereocenters. The summed E-state index contributed by atoms with van der Waals surface area (Å²) in [6.07, 6.45) is 6.72. The number of nitrogens with zero attached hydrogens (tertiary/aromatic N) is 1. The molecule has 1 heterocycles. The van der Waals surface area contributed by atoms with E-state index in [1.807, 2.05) is 24.3 Å². The minimum absolute atomic E-state index is 0.0251. The summed E-state index contributed by atoms with van der Waals surface area (Å²) in [5.74, 6) is 0.640. The van der Waals surface area contributed by atoms with Crippen LogP contribution in [0, 0.1) is 30.0 Å². The number of amides is 2. The number of aryl methyl sites for hydroxylation is 1. The molecule has 3 rings (SSSR count). The van der Waals surface area contributed by atoms with E-state index in [1.165, 1.54) is 19.3 Å². The van der Waals surface area contributed by atoms with Crippen LogP contribution >= 0.6 is 0 Å². The van der Waals surface area contributed by atoms with E-state index in [1.54, 1.807) is 25.1 Å². The zero-order valence-electron chi connectivity index (χ0n) is 22.9. The third-order valence-corrected chi connectivity index (χ3v) is 6.31. The SMILES string of the molecule is CCC(C)CCCO[C@H](C)CC.Cc1ccc(-c2ccc3c(c2)CCNC3=O)cc1F.N#CCNC=O. The molecule has 37 heavy (non-hydrogen) atoms. The van der Waals surface area contributed by atoms with Gasteiger partial charge in [-0.05, 0) is 79.8 Å². The van der Waals surface area contributed by atoms with Crippen molar-refractivity contribution in [2.45, 2.75) is 72.8 Å². The molecule has 0 aromatic heterocycles. The molecule has 0 spiro atoms. The zero-order valence-corrected chi connectivity index (χ0v) is 22.9. The smallest absolute Gasteiger partial charge is 0.251 e. The molecule has 2 aromatic rings. The lowest BCUT2D eigenvalue weighted by Gasteiger charge is -2.17. The van der Waals surface area contributed by atoms with Gasteiger partial charge in [-0.1, -0.05) is 51.5 Å². The topological polar surface area (TPSA) is 91.2 Å². The van der Waals surface area contributed by atoms with Gasteiger partial charge in [0.25, 0.3) is 5.91 Å². The van der Waals surface area contributed by atoms with Crippen molar-refractivity contribution in [3.8, 4) is 17.2 Å². The maximum atomic E-state index is 13.6. The van der Waals surface area contributed by atoms with E-state index < -0.39 is 0 Å². The van der Waals surface area contributed by atoms with Gasteiger partial charge in [-0.15, -0.1) is 0 Å². The van der Waals surface area contributed by atoms with E-state index in [-0.39, 0.29) is 18.3 Å². The van der Waals surface area contributed by atoms with Crippen LogP contribution in [0.2, 0.25) is 0 Å². The minimum Gasteiger partial charge on any atom is -0.379 e. The molecule has 0 saturated carbocycles. The summed E-state index contributed by atoms with van der Waals surface area (Å²) in [5.41, 5.74) is 4.19.